The first-order valence-corrected chi connectivity index (χ1v) is 13.4. The summed E-state index contributed by atoms with van der Waals surface area (Å²) in [5.41, 5.74) is 3.01. The minimum absolute atomic E-state index is 0.0795. The quantitative estimate of drug-likeness (QED) is 0.307. The van der Waals surface area contributed by atoms with E-state index in [0.29, 0.717) is 25.6 Å². The largest absolute Gasteiger partial charge is 0.351 e. The third kappa shape index (κ3) is 6.92. The van der Waals surface area contributed by atoms with Gasteiger partial charge in [-0.25, -0.2) is 4.98 Å². The summed E-state index contributed by atoms with van der Waals surface area (Å²) in [6.45, 7) is 13.0. The number of anilines is 1. The lowest BCUT2D eigenvalue weighted by atomic mass is 9.97. The molecule has 0 radical (unpaired) electrons. The average Bonchev–Trinajstić information content (AvgIpc) is 3.62. The van der Waals surface area contributed by atoms with E-state index in [1.54, 1.807) is 11.0 Å². The molecule has 4 rings (SSSR count). The van der Waals surface area contributed by atoms with E-state index in [2.05, 4.69) is 48.7 Å². The summed E-state index contributed by atoms with van der Waals surface area (Å²) < 4.78 is 6.96. The zero-order valence-electron chi connectivity index (χ0n) is 23.3. The van der Waals surface area contributed by atoms with Gasteiger partial charge < -0.3 is 19.3 Å². The number of nitrogens with one attached hydrogen (secondary N) is 2. The molecule has 3 heterocycles. The highest BCUT2D eigenvalue weighted by Crippen LogP contribution is 2.27. The van der Waals surface area contributed by atoms with Gasteiger partial charge in [-0.1, -0.05) is 51.9 Å². The van der Waals surface area contributed by atoms with Crippen LogP contribution in [0.25, 0.3) is 11.0 Å². The van der Waals surface area contributed by atoms with Crippen molar-refractivity contribution in [3.05, 3.63) is 53.4 Å². The molecular weight excluding hydrogens is 494 g/mol. The molecule has 1 aliphatic heterocycles. The van der Waals surface area contributed by atoms with Crippen molar-refractivity contribution < 1.29 is 14.1 Å². The van der Waals surface area contributed by atoms with Crippen LogP contribution in [0.5, 0.6) is 0 Å². The molecule has 1 fully saturated rings. The Kier molecular flexibility index (Phi) is 8.51. The fourth-order valence-corrected chi connectivity index (χ4v) is 4.79. The minimum atomic E-state index is -0.456. The molecule has 2 N–H and O–H groups in total. The van der Waals surface area contributed by atoms with Crippen LogP contribution in [0.2, 0.25) is 0 Å². The average molecular weight is 532 g/mol. The monoisotopic (exact) mass is 531 g/mol. The summed E-state index contributed by atoms with van der Waals surface area (Å²) >= 11 is 0. The Hall–Kier alpha value is -3.97. The SMILES string of the molecule is CC(C)C=C(C#N)C(=O)N1CCCC1Cn1c(NC(=O)c2ccno2)nc2cc(CNCC(C)(C)C)ccc21. The first-order chi connectivity index (χ1) is 18.6. The first kappa shape index (κ1) is 28.0. The van der Waals surface area contributed by atoms with E-state index in [4.69, 9.17) is 9.51 Å². The van der Waals surface area contributed by atoms with Crippen molar-refractivity contribution in [1.29, 1.82) is 5.26 Å². The van der Waals surface area contributed by atoms with Gasteiger partial charge in [-0.15, -0.1) is 0 Å². The van der Waals surface area contributed by atoms with E-state index in [0.717, 1.165) is 36.0 Å². The lowest BCUT2D eigenvalue weighted by Crippen LogP contribution is -2.39. The highest BCUT2D eigenvalue weighted by atomic mass is 16.5. The number of allylic oxidation sites excluding steroid dienone is 1. The Bertz CT molecular complexity index is 1390. The number of likely N-dealkylation sites (tertiary alicyclic amines) is 1. The fourth-order valence-electron chi connectivity index (χ4n) is 4.79. The van der Waals surface area contributed by atoms with Gasteiger partial charge in [-0.2, -0.15) is 5.26 Å². The van der Waals surface area contributed by atoms with Crippen LogP contribution in [-0.2, 0) is 17.9 Å². The Labute approximate surface area is 229 Å². The number of nitriles is 1. The molecule has 39 heavy (non-hydrogen) atoms. The van der Waals surface area contributed by atoms with Gasteiger partial charge in [-0.3, -0.25) is 14.9 Å². The van der Waals surface area contributed by atoms with Gasteiger partial charge in [0.2, 0.25) is 11.7 Å². The molecule has 206 valence electrons. The number of rotatable bonds is 9. The number of aromatic nitrogens is 3. The maximum Gasteiger partial charge on any atom is 0.296 e. The first-order valence-electron chi connectivity index (χ1n) is 13.4. The van der Waals surface area contributed by atoms with Crippen LogP contribution in [0.15, 0.2) is 46.6 Å². The summed E-state index contributed by atoms with van der Waals surface area (Å²) in [6, 6.07) is 9.49. The predicted molar refractivity (Wildman–Crippen MR) is 149 cm³/mol. The lowest BCUT2D eigenvalue weighted by molar-refractivity contribution is -0.127. The molecule has 1 unspecified atom stereocenters. The maximum absolute atomic E-state index is 13.3. The summed E-state index contributed by atoms with van der Waals surface area (Å²) in [6.07, 6.45) is 4.75. The number of amides is 2. The van der Waals surface area contributed by atoms with Crippen LogP contribution >= 0.6 is 0 Å². The van der Waals surface area contributed by atoms with Crippen molar-refractivity contribution in [2.75, 3.05) is 18.4 Å². The van der Waals surface area contributed by atoms with Crippen LogP contribution in [0.3, 0.4) is 0 Å². The number of imidazole rings is 1. The van der Waals surface area contributed by atoms with Crippen molar-refractivity contribution in [1.82, 2.24) is 24.9 Å². The Morgan fingerprint density at radius 1 is 1.28 bits per heavy atom. The van der Waals surface area contributed by atoms with Crippen molar-refractivity contribution >= 4 is 28.8 Å². The molecule has 0 saturated carbocycles. The summed E-state index contributed by atoms with van der Waals surface area (Å²) in [7, 11) is 0. The van der Waals surface area contributed by atoms with Gasteiger partial charge in [0.25, 0.3) is 11.8 Å². The minimum Gasteiger partial charge on any atom is -0.351 e. The van der Waals surface area contributed by atoms with Gasteiger partial charge in [0.05, 0.1) is 23.3 Å². The zero-order chi connectivity index (χ0) is 28.2. The van der Waals surface area contributed by atoms with Gasteiger partial charge in [0, 0.05) is 32.2 Å². The number of hydrogen-bond acceptors (Lipinski definition) is 7. The molecular formula is C29H37N7O3. The lowest BCUT2D eigenvalue weighted by Gasteiger charge is -2.26. The van der Waals surface area contributed by atoms with Crippen molar-refractivity contribution in [2.24, 2.45) is 11.3 Å². The van der Waals surface area contributed by atoms with Gasteiger partial charge in [-0.05, 0) is 41.9 Å². The van der Waals surface area contributed by atoms with E-state index in [1.807, 2.05) is 30.5 Å². The number of carbonyl (C=O) groups is 2. The molecule has 1 saturated heterocycles. The van der Waals surface area contributed by atoms with E-state index >= 15 is 0 Å². The van der Waals surface area contributed by atoms with Crippen LogP contribution in [0, 0.1) is 22.7 Å². The molecule has 0 spiro atoms. The molecule has 2 aromatic heterocycles. The van der Waals surface area contributed by atoms with Crippen LogP contribution in [-0.4, -0.2) is 50.6 Å². The molecule has 1 aliphatic rings. The molecule has 1 atom stereocenters. The number of nitrogens with zero attached hydrogens (tertiary/aromatic N) is 5. The normalized spacial score (nSPS) is 16.2. The van der Waals surface area contributed by atoms with Gasteiger partial charge in [0.15, 0.2) is 0 Å². The van der Waals surface area contributed by atoms with E-state index in [-0.39, 0.29) is 34.6 Å². The number of benzene rings is 1. The molecule has 0 aliphatic carbocycles. The van der Waals surface area contributed by atoms with Crippen LogP contribution in [0.1, 0.15) is 63.6 Å². The Balaban J connectivity index is 1.64. The smallest absolute Gasteiger partial charge is 0.296 e. The summed E-state index contributed by atoms with van der Waals surface area (Å²) in [4.78, 5) is 32.6. The second-order valence-corrected chi connectivity index (χ2v) is 11.6. The number of carbonyl (C=O) groups excluding carboxylic acids is 2. The molecule has 3 aromatic rings. The van der Waals surface area contributed by atoms with Crippen molar-refractivity contribution in [3.63, 3.8) is 0 Å². The Morgan fingerprint density at radius 3 is 2.74 bits per heavy atom. The van der Waals surface area contributed by atoms with Crippen molar-refractivity contribution in [3.8, 4) is 6.07 Å². The van der Waals surface area contributed by atoms with Gasteiger partial charge >= 0.3 is 0 Å². The topological polar surface area (TPSA) is 129 Å². The van der Waals surface area contributed by atoms with Crippen LogP contribution in [0.4, 0.5) is 5.95 Å². The van der Waals surface area contributed by atoms with Crippen LogP contribution < -0.4 is 10.6 Å². The Morgan fingerprint density at radius 2 is 2.08 bits per heavy atom. The maximum atomic E-state index is 13.3. The van der Waals surface area contributed by atoms with Gasteiger partial charge in [0.1, 0.15) is 11.6 Å². The molecule has 10 heteroatoms. The van der Waals surface area contributed by atoms with E-state index in [9.17, 15) is 14.9 Å². The number of fused-ring (bicyclic) bond motifs is 1. The second kappa shape index (κ2) is 11.8. The molecule has 0 bridgehead atoms. The van der Waals surface area contributed by atoms with Crippen molar-refractivity contribution in [2.45, 2.75) is 66.6 Å². The fraction of sp³-hybridized carbons (Fsp3) is 0.483. The highest BCUT2D eigenvalue weighted by molar-refractivity contribution is 6.02. The molecule has 2 amide bonds. The third-order valence-electron chi connectivity index (χ3n) is 6.57. The summed E-state index contributed by atoms with van der Waals surface area (Å²) in [5.74, 6) is -0.175. The standard InChI is InChI=1S/C29H37N7O3/c1-19(2)13-21(15-30)27(38)35-12-6-7-22(35)17-36-24-9-8-20(16-31-18-29(3,4)5)14-23(24)33-28(36)34-26(37)25-10-11-32-39-25/h8-11,13-14,19,22,31H,6-7,12,16-18H2,1-5H3,(H,33,34,37). The predicted octanol–water partition coefficient (Wildman–Crippen LogP) is 4.51. The van der Waals surface area contributed by atoms with E-state index in [1.165, 1.54) is 12.3 Å². The second-order valence-electron chi connectivity index (χ2n) is 11.6. The third-order valence-corrected chi connectivity index (χ3v) is 6.57. The number of hydrogen-bond donors (Lipinski definition) is 2. The highest BCUT2D eigenvalue weighted by Gasteiger charge is 2.32. The molecule has 10 nitrogen and oxygen atoms in total. The zero-order valence-corrected chi connectivity index (χ0v) is 23.3. The summed E-state index contributed by atoms with van der Waals surface area (Å²) in [5, 5.41) is 19.6. The van der Waals surface area contributed by atoms with E-state index < -0.39 is 5.91 Å². The molecule has 1 aromatic carbocycles.